The molecule has 0 spiro atoms. The molecule has 1 rings (SSSR count). The van der Waals surface area contributed by atoms with Gasteiger partial charge in [0.2, 0.25) is 0 Å². The van der Waals surface area contributed by atoms with Gasteiger partial charge in [0.05, 0.1) is 12.0 Å². The van der Waals surface area contributed by atoms with Crippen molar-refractivity contribution in [2.45, 2.75) is 23.5 Å². The predicted molar refractivity (Wildman–Crippen MR) is 59.7 cm³/mol. The lowest BCUT2D eigenvalue weighted by Gasteiger charge is -2.13. The minimum atomic E-state index is -3.82. The molecule has 0 saturated heterocycles. The number of carbonyl (C=O) groups excluding carboxylic acids is 1. The fourth-order valence-corrected chi connectivity index (χ4v) is 3.07. The molecule has 94 valence electrons. The zero-order chi connectivity index (χ0) is 13.1. The molecule has 0 aromatic heterocycles. The average molecular weight is 260 g/mol. The van der Waals surface area contributed by atoms with Crippen LogP contribution in [0.25, 0.3) is 0 Å². The zero-order valence-corrected chi connectivity index (χ0v) is 10.3. The summed E-state index contributed by atoms with van der Waals surface area (Å²) in [5.41, 5.74) is 0. The summed E-state index contributed by atoms with van der Waals surface area (Å²) in [4.78, 5) is 11.3. The summed E-state index contributed by atoms with van der Waals surface area (Å²) >= 11 is 0. The number of sulfone groups is 1. The molecule has 0 N–H and O–H groups in total. The van der Waals surface area contributed by atoms with Crippen LogP contribution in [0.15, 0.2) is 29.2 Å². The summed E-state index contributed by atoms with van der Waals surface area (Å²) in [5.74, 6) is -1.34. The Bertz CT molecular complexity index is 493. The van der Waals surface area contributed by atoms with Gasteiger partial charge in [-0.1, -0.05) is 6.92 Å². The Kier molecular flexibility index (Phi) is 4.22. The average Bonchev–Trinajstić information content (AvgIpc) is 2.29. The van der Waals surface area contributed by atoms with Crippen LogP contribution in [0.1, 0.15) is 13.3 Å². The monoisotopic (exact) mass is 260 g/mol. The molecule has 0 saturated carbocycles. The number of methoxy groups -OCH3 is 1. The molecule has 0 fully saturated rings. The lowest BCUT2D eigenvalue weighted by Crippen LogP contribution is -2.30. The highest BCUT2D eigenvalue weighted by molar-refractivity contribution is 7.92. The molecule has 0 aliphatic heterocycles. The molecule has 0 radical (unpaired) electrons. The van der Waals surface area contributed by atoms with Crippen molar-refractivity contribution >= 4 is 15.8 Å². The maximum Gasteiger partial charge on any atom is 0.324 e. The number of hydrogen-bond donors (Lipinski definition) is 0. The van der Waals surface area contributed by atoms with E-state index in [1.54, 1.807) is 6.92 Å². The first-order valence-corrected chi connectivity index (χ1v) is 6.55. The van der Waals surface area contributed by atoms with Gasteiger partial charge in [0.1, 0.15) is 5.82 Å². The maximum atomic E-state index is 12.7. The van der Waals surface area contributed by atoms with Crippen molar-refractivity contribution in [3.05, 3.63) is 30.1 Å². The standard InChI is InChI=1S/C11H13FO4S/c1-3-10(11(13)16-2)17(14,15)9-6-4-8(12)5-7-9/h4-7,10H,3H2,1-2H3. The summed E-state index contributed by atoms with van der Waals surface area (Å²) in [6.45, 7) is 1.57. The lowest BCUT2D eigenvalue weighted by atomic mass is 10.3. The quantitative estimate of drug-likeness (QED) is 0.608. The number of halogens is 1. The highest BCUT2D eigenvalue weighted by Crippen LogP contribution is 2.19. The fourth-order valence-electron chi connectivity index (χ4n) is 1.43. The first-order valence-electron chi connectivity index (χ1n) is 5.00. The molecular weight excluding hydrogens is 247 g/mol. The van der Waals surface area contributed by atoms with Crippen molar-refractivity contribution in [1.82, 2.24) is 0 Å². The second-order valence-electron chi connectivity index (χ2n) is 3.42. The first-order chi connectivity index (χ1) is 7.93. The number of ether oxygens (including phenoxy) is 1. The van der Waals surface area contributed by atoms with E-state index in [1.807, 2.05) is 0 Å². The fraction of sp³-hybridized carbons (Fsp3) is 0.364. The van der Waals surface area contributed by atoms with Crippen LogP contribution in [0.4, 0.5) is 4.39 Å². The summed E-state index contributed by atoms with van der Waals surface area (Å²) in [7, 11) is -2.69. The number of carbonyl (C=O) groups is 1. The van der Waals surface area contributed by atoms with Crippen LogP contribution in [0, 0.1) is 5.82 Å². The second-order valence-corrected chi connectivity index (χ2v) is 5.55. The van der Waals surface area contributed by atoms with Crippen molar-refractivity contribution in [2.75, 3.05) is 7.11 Å². The molecule has 0 heterocycles. The zero-order valence-electron chi connectivity index (χ0n) is 9.51. The second kappa shape index (κ2) is 5.27. The maximum absolute atomic E-state index is 12.7. The van der Waals surface area contributed by atoms with E-state index in [9.17, 15) is 17.6 Å². The minimum absolute atomic E-state index is 0.0869. The Hall–Kier alpha value is -1.43. The van der Waals surface area contributed by atoms with Crippen LogP contribution in [-0.4, -0.2) is 26.7 Å². The van der Waals surface area contributed by atoms with E-state index < -0.39 is 26.9 Å². The Morgan fingerprint density at radius 3 is 2.29 bits per heavy atom. The van der Waals surface area contributed by atoms with Gasteiger partial charge >= 0.3 is 5.97 Å². The summed E-state index contributed by atoms with van der Waals surface area (Å²) in [6.07, 6.45) is 0.104. The van der Waals surface area contributed by atoms with Crippen LogP contribution in [0.3, 0.4) is 0 Å². The number of hydrogen-bond acceptors (Lipinski definition) is 4. The lowest BCUT2D eigenvalue weighted by molar-refractivity contribution is -0.140. The van der Waals surface area contributed by atoms with Crippen molar-refractivity contribution in [3.63, 3.8) is 0 Å². The van der Waals surface area contributed by atoms with Crippen LogP contribution in [0.2, 0.25) is 0 Å². The third-order valence-electron chi connectivity index (χ3n) is 2.35. The number of esters is 1. The Morgan fingerprint density at radius 1 is 1.35 bits per heavy atom. The largest absolute Gasteiger partial charge is 0.468 e. The van der Waals surface area contributed by atoms with E-state index >= 15 is 0 Å². The summed E-state index contributed by atoms with van der Waals surface area (Å²) in [6, 6.07) is 4.35. The Labute approximate surface area is 99.3 Å². The molecule has 1 atom stereocenters. The van der Waals surface area contributed by atoms with E-state index in [2.05, 4.69) is 4.74 Å². The van der Waals surface area contributed by atoms with E-state index in [0.717, 1.165) is 31.4 Å². The highest BCUT2D eigenvalue weighted by atomic mass is 32.2. The van der Waals surface area contributed by atoms with Crippen molar-refractivity contribution in [1.29, 1.82) is 0 Å². The molecule has 1 unspecified atom stereocenters. The van der Waals surface area contributed by atoms with Crippen molar-refractivity contribution in [2.24, 2.45) is 0 Å². The number of rotatable bonds is 4. The topological polar surface area (TPSA) is 60.4 Å². The summed E-state index contributed by atoms with van der Waals surface area (Å²) in [5, 5.41) is -1.25. The Balaban J connectivity index is 3.17. The van der Waals surface area contributed by atoms with E-state index in [-0.39, 0.29) is 11.3 Å². The molecule has 1 aromatic rings. The van der Waals surface area contributed by atoms with Crippen LogP contribution >= 0.6 is 0 Å². The van der Waals surface area contributed by atoms with Crippen molar-refractivity contribution < 1.29 is 22.3 Å². The molecule has 4 nitrogen and oxygen atoms in total. The van der Waals surface area contributed by atoms with Gasteiger partial charge in [-0.15, -0.1) is 0 Å². The van der Waals surface area contributed by atoms with Gasteiger partial charge in [0.15, 0.2) is 15.1 Å². The van der Waals surface area contributed by atoms with Gasteiger partial charge in [-0.3, -0.25) is 4.79 Å². The molecular formula is C11H13FO4S. The molecule has 0 bridgehead atoms. The SMILES string of the molecule is CCC(C(=O)OC)S(=O)(=O)c1ccc(F)cc1. The third kappa shape index (κ3) is 2.82. The Morgan fingerprint density at radius 2 is 1.88 bits per heavy atom. The van der Waals surface area contributed by atoms with E-state index in [1.165, 1.54) is 0 Å². The molecule has 0 amide bonds. The third-order valence-corrected chi connectivity index (χ3v) is 4.56. The minimum Gasteiger partial charge on any atom is -0.468 e. The van der Waals surface area contributed by atoms with Gasteiger partial charge in [0.25, 0.3) is 0 Å². The smallest absolute Gasteiger partial charge is 0.324 e. The van der Waals surface area contributed by atoms with Crippen LogP contribution in [-0.2, 0) is 19.4 Å². The highest BCUT2D eigenvalue weighted by Gasteiger charge is 2.33. The normalized spacial score (nSPS) is 13.1. The molecule has 6 heteroatoms. The van der Waals surface area contributed by atoms with Gasteiger partial charge in [-0.05, 0) is 30.7 Å². The summed E-state index contributed by atoms with van der Waals surface area (Å²) < 4.78 is 41.2. The number of benzene rings is 1. The van der Waals surface area contributed by atoms with Crippen LogP contribution in [0.5, 0.6) is 0 Å². The van der Waals surface area contributed by atoms with Crippen LogP contribution < -0.4 is 0 Å². The predicted octanol–water partition coefficient (Wildman–Crippen LogP) is 1.55. The molecule has 0 aliphatic carbocycles. The van der Waals surface area contributed by atoms with Gasteiger partial charge in [-0.25, -0.2) is 12.8 Å². The van der Waals surface area contributed by atoms with E-state index in [0.29, 0.717) is 0 Å². The van der Waals surface area contributed by atoms with E-state index in [4.69, 9.17) is 0 Å². The van der Waals surface area contributed by atoms with Gasteiger partial charge in [0, 0.05) is 0 Å². The molecule has 0 aliphatic rings. The van der Waals surface area contributed by atoms with Gasteiger partial charge in [-0.2, -0.15) is 0 Å². The first kappa shape index (κ1) is 13.6. The van der Waals surface area contributed by atoms with Gasteiger partial charge < -0.3 is 4.74 Å². The molecule has 1 aromatic carbocycles. The van der Waals surface area contributed by atoms with Crippen molar-refractivity contribution in [3.8, 4) is 0 Å². The molecule has 17 heavy (non-hydrogen) atoms.